The van der Waals surface area contributed by atoms with Crippen molar-refractivity contribution in [3.63, 3.8) is 0 Å². The highest BCUT2D eigenvalue weighted by atomic mass is 19.4. The maximum atomic E-state index is 11.7. The number of nitriles is 1. The lowest BCUT2D eigenvalue weighted by molar-refractivity contribution is -0.325. The minimum absolute atomic E-state index is 0.109. The van der Waals surface area contributed by atoms with E-state index in [0.29, 0.717) is 5.69 Å². The van der Waals surface area contributed by atoms with Gasteiger partial charge in [0.05, 0.1) is 6.61 Å². The van der Waals surface area contributed by atoms with E-state index in [-0.39, 0.29) is 12.1 Å². The summed E-state index contributed by atoms with van der Waals surface area (Å²) in [6, 6.07) is 4.50. The van der Waals surface area contributed by atoms with Crippen molar-refractivity contribution in [2.45, 2.75) is 19.8 Å². The molecule has 0 aliphatic rings. The predicted octanol–water partition coefficient (Wildman–Crippen LogP) is 1.56. The SMILES string of the molecule is Cc1ccc(C#N)c(=O)n1CCOC(F)(F)F. The summed E-state index contributed by atoms with van der Waals surface area (Å²) in [5, 5.41) is 8.61. The van der Waals surface area contributed by atoms with Crippen LogP contribution < -0.4 is 5.56 Å². The Bertz CT molecular complexity index is 500. The van der Waals surface area contributed by atoms with Crippen molar-refractivity contribution in [2.24, 2.45) is 0 Å². The molecule has 92 valence electrons. The van der Waals surface area contributed by atoms with Crippen LogP contribution in [0.25, 0.3) is 0 Å². The summed E-state index contributed by atoms with van der Waals surface area (Å²) < 4.78 is 39.9. The number of nitrogens with zero attached hydrogens (tertiary/aromatic N) is 2. The fourth-order valence-electron chi connectivity index (χ4n) is 1.29. The number of aryl methyl sites for hydroxylation is 1. The summed E-state index contributed by atoms with van der Waals surface area (Å²) in [6.45, 7) is 0.648. The fraction of sp³-hybridized carbons (Fsp3) is 0.400. The van der Waals surface area contributed by atoms with Crippen molar-refractivity contribution >= 4 is 0 Å². The predicted molar refractivity (Wildman–Crippen MR) is 52.2 cm³/mol. The van der Waals surface area contributed by atoms with Crippen LogP contribution in [-0.4, -0.2) is 17.5 Å². The van der Waals surface area contributed by atoms with Crippen LogP contribution in [0.3, 0.4) is 0 Å². The first-order chi connectivity index (χ1) is 7.85. The summed E-state index contributed by atoms with van der Waals surface area (Å²) in [5.41, 5.74) is -0.249. The van der Waals surface area contributed by atoms with Crippen molar-refractivity contribution in [3.05, 3.63) is 33.7 Å². The summed E-state index contributed by atoms with van der Waals surface area (Å²) in [6.07, 6.45) is -4.72. The second kappa shape index (κ2) is 5.01. The Morgan fingerprint density at radius 1 is 1.47 bits per heavy atom. The van der Waals surface area contributed by atoms with Gasteiger partial charge in [0, 0.05) is 12.2 Å². The van der Waals surface area contributed by atoms with E-state index in [1.54, 1.807) is 13.0 Å². The molecule has 0 atom stereocenters. The van der Waals surface area contributed by atoms with E-state index in [2.05, 4.69) is 4.74 Å². The molecule has 1 rings (SSSR count). The van der Waals surface area contributed by atoms with Gasteiger partial charge in [-0.15, -0.1) is 13.2 Å². The number of ether oxygens (including phenoxy) is 1. The van der Waals surface area contributed by atoms with Gasteiger partial charge in [-0.1, -0.05) is 0 Å². The van der Waals surface area contributed by atoms with E-state index in [4.69, 9.17) is 5.26 Å². The van der Waals surface area contributed by atoms with Crippen LogP contribution in [0.15, 0.2) is 16.9 Å². The smallest absolute Gasteiger partial charge is 0.309 e. The first-order valence-corrected chi connectivity index (χ1v) is 4.66. The maximum Gasteiger partial charge on any atom is 0.522 e. The molecule has 1 heterocycles. The van der Waals surface area contributed by atoms with Gasteiger partial charge >= 0.3 is 6.36 Å². The molecule has 7 heteroatoms. The molecule has 0 aliphatic heterocycles. The number of hydrogen-bond donors (Lipinski definition) is 0. The molecule has 0 saturated carbocycles. The van der Waals surface area contributed by atoms with Crippen LogP contribution in [0.5, 0.6) is 0 Å². The Labute approximate surface area is 94.8 Å². The zero-order valence-corrected chi connectivity index (χ0v) is 8.91. The summed E-state index contributed by atoms with van der Waals surface area (Å²) in [5.74, 6) is 0. The van der Waals surface area contributed by atoms with Gasteiger partial charge in [-0.3, -0.25) is 9.53 Å². The average Bonchev–Trinajstić information content (AvgIpc) is 2.21. The number of hydrogen-bond acceptors (Lipinski definition) is 3. The van der Waals surface area contributed by atoms with Gasteiger partial charge in [0.1, 0.15) is 11.6 Å². The Hall–Kier alpha value is -1.81. The lowest BCUT2D eigenvalue weighted by Crippen LogP contribution is -2.27. The molecule has 0 amide bonds. The molecule has 0 spiro atoms. The topological polar surface area (TPSA) is 55.0 Å². The Morgan fingerprint density at radius 3 is 2.65 bits per heavy atom. The molecular weight excluding hydrogens is 237 g/mol. The third kappa shape index (κ3) is 3.60. The molecule has 17 heavy (non-hydrogen) atoms. The van der Waals surface area contributed by atoms with E-state index < -0.39 is 18.5 Å². The number of aromatic nitrogens is 1. The van der Waals surface area contributed by atoms with Crippen LogP contribution >= 0.6 is 0 Å². The molecule has 0 bridgehead atoms. The van der Waals surface area contributed by atoms with Crippen molar-refractivity contribution < 1.29 is 17.9 Å². The minimum atomic E-state index is -4.72. The fourth-order valence-corrected chi connectivity index (χ4v) is 1.29. The summed E-state index contributed by atoms with van der Waals surface area (Å²) in [7, 11) is 0. The van der Waals surface area contributed by atoms with Gasteiger partial charge in [-0.2, -0.15) is 5.26 Å². The highest BCUT2D eigenvalue weighted by molar-refractivity contribution is 5.27. The molecule has 4 nitrogen and oxygen atoms in total. The van der Waals surface area contributed by atoms with Gasteiger partial charge in [-0.25, -0.2) is 0 Å². The van der Waals surface area contributed by atoms with Gasteiger partial charge in [0.25, 0.3) is 5.56 Å². The van der Waals surface area contributed by atoms with Crippen molar-refractivity contribution in [3.8, 4) is 6.07 Å². The van der Waals surface area contributed by atoms with Crippen molar-refractivity contribution in [1.82, 2.24) is 4.57 Å². The zero-order valence-electron chi connectivity index (χ0n) is 8.91. The standard InChI is InChI=1S/C10H9F3N2O2/c1-7-2-3-8(6-14)9(16)15(7)4-5-17-10(11,12)13/h2-3H,4-5H2,1H3. The summed E-state index contributed by atoms with van der Waals surface area (Å²) in [4.78, 5) is 11.6. The third-order valence-corrected chi connectivity index (χ3v) is 2.09. The third-order valence-electron chi connectivity index (χ3n) is 2.09. The van der Waals surface area contributed by atoms with Crippen LogP contribution in [-0.2, 0) is 11.3 Å². The second-order valence-corrected chi connectivity index (χ2v) is 3.25. The zero-order chi connectivity index (χ0) is 13.1. The number of halogens is 3. The maximum absolute atomic E-state index is 11.7. The van der Waals surface area contributed by atoms with E-state index >= 15 is 0 Å². The Kier molecular flexibility index (Phi) is 3.91. The van der Waals surface area contributed by atoms with Crippen molar-refractivity contribution in [1.29, 1.82) is 5.26 Å². The number of rotatable bonds is 3. The molecule has 0 N–H and O–H groups in total. The van der Waals surface area contributed by atoms with Gasteiger partial charge in [-0.05, 0) is 19.1 Å². The van der Waals surface area contributed by atoms with Crippen molar-refractivity contribution in [2.75, 3.05) is 6.61 Å². The first-order valence-electron chi connectivity index (χ1n) is 4.66. The molecule has 0 aliphatic carbocycles. The monoisotopic (exact) mass is 246 g/mol. The van der Waals surface area contributed by atoms with E-state index in [9.17, 15) is 18.0 Å². The average molecular weight is 246 g/mol. The largest absolute Gasteiger partial charge is 0.522 e. The molecule has 0 fully saturated rings. The number of pyridine rings is 1. The Morgan fingerprint density at radius 2 is 2.12 bits per heavy atom. The van der Waals surface area contributed by atoms with Crippen LogP contribution in [0.1, 0.15) is 11.3 Å². The summed E-state index contributed by atoms with van der Waals surface area (Å²) >= 11 is 0. The van der Waals surface area contributed by atoms with E-state index in [0.717, 1.165) is 4.57 Å². The van der Waals surface area contributed by atoms with Crippen LogP contribution in [0, 0.1) is 18.3 Å². The second-order valence-electron chi connectivity index (χ2n) is 3.25. The molecule has 1 aromatic rings. The normalized spacial score (nSPS) is 11.2. The first kappa shape index (κ1) is 13.3. The minimum Gasteiger partial charge on any atom is -0.309 e. The number of alkyl halides is 3. The quantitative estimate of drug-likeness (QED) is 0.813. The van der Waals surface area contributed by atoms with Crippen LogP contribution in [0.4, 0.5) is 13.2 Å². The van der Waals surface area contributed by atoms with Gasteiger partial charge in [0.15, 0.2) is 0 Å². The van der Waals surface area contributed by atoms with Gasteiger partial charge < -0.3 is 4.57 Å². The van der Waals surface area contributed by atoms with Crippen LogP contribution in [0.2, 0.25) is 0 Å². The molecule has 0 unspecified atom stereocenters. The molecule has 0 saturated heterocycles. The lowest BCUT2D eigenvalue weighted by Gasteiger charge is -2.11. The van der Waals surface area contributed by atoms with Gasteiger partial charge in [0.2, 0.25) is 0 Å². The molecular formula is C10H9F3N2O2. The molecule has 0 aromatic carbocycles. The lowest BCUT2D eigenvalue weighted by atomic mass is 10.2. The highest BCUT2D eigenvalue weighted by Gasteiger charge is 2.28. The Balaban J connectivity index is 2.85. The molecule has 0 radical (unpaired) electrons. The van der Waals surface area contributed by atoms with E-state index in [1.807, 2.05) is 0 Å². The van der Waals surface area contributed by atoms with E-state index in [1.165, 1.54) is 12.1 Å². The highest BCUT2D eigenvalue weighted by Crippen LogP contribution is 2.15. The molecule has 1 aromatic heterocycles.